The number of rotatable bonds is 2. The second-order valence-electron chi connectivity index (χ2n) is 3.13. The van der Waals surface area contributed by atoms with Gasteiger partial charge in [0.15, 0.2) is 0 Å². The van der Waals surface area contributed by atoms with Crippen LogP contribution in [0.15, 0.2) is 42.0 Å². The molecule has 1 N–H and O–H groups in total. The fraction of sp³-hybridized carbons (Fsp3) is 0.182. The highest BCUT2D eigenvalue weighted by Crippen LogP contribution is 2.09. The maximum atomic E-state index is 11.3. The predicted molar refractivity (Wildman–Crippen MR) is 52.3 cm³/mol. The van der Waals surface area contributed by atoms with Gasteiger partial charge < -0.3 is 0 Å². The molecule has 0 fully saturated rings. The van der Waals surface area contributed by atoms with Gasteiger partial charge in [-0.3, -0.25) is 9.63 Å². The van der Waals surface area contributed by atoms with Gasteiger partial charge >= 0.3 is 0 Å². The average Bonchev–Trinajstić information content (AvgIpc) is 2.23. The van der Waals surface area contributed by atoms with Crippen molar-refractivity contribution in [1.82, 2.24) is 5.48 Å². The number of hydrogen-bond acceptors (Lipinski definition) is 2. The summed E-state index contributed by atoms with van der Waals surface area (Å²) >= 11 is 0. The van der Waals surface area contributed by atoms with E-state index in [1.54, 1.807) is 0 Å². The van der Waals surface area contributed by atoms with Crippen molar-refractivity contribution in [3.63, 3.8) is 0 Å². The molecule has 0 aliphatic carbocycles. The van der Waals surface area contributed by atoms with E-state index in [1.807, 2.05) is 36.4 Å². The Morgan fingerprint density at radius 2 is 2.07 bits per heavy atom. The van der Waals surface area contributed by atoms with E-state index in [1.165, 1.54) is 0 Å². The van der Waals surface area contributed by atoms with Crippen LogP contribution in [-0.4, -0.2) is 12.5 Å². The Balaban J connectivity index is 2.11. The molecular formula is C11H11NO2. The first-order valence-corrected chi connectivity index (χ1v) is 4.51. The number of hydrogen-bond donors (Lipinski definition) is 1. The number of carbonyl (C=O) groups is 1. The van der Waals surface area contributed by atoms with E-state index >= 15 is 0 Å². The van der Waals surface area contributed by atoms with Crippen molar-refractivity contribution < 1.29 is 9.63 Å². The van der Waals surface area contributed by atoms with Gasteiger partial charge in [-0.05, 0) is 11.6 Å². The van der Waals surface area contributed by atoms with Crippen LogP contribution in [0.4, 0.5) is 0 Å². The summed E-state index contributed by atoms with van der Waals surface area (Å²) in [5.41, 5.74) is 4.25. The third kappa shape index (κ3) is 2.00. The Hall–Kier alpha value is -1.61. The summed E-state index contributed by atoms with van der Waals surface area (Å²) in [4.78, 5) is 16.1. The molecule has 0 aromatic heterocycles. The van der Waals surface area contributed by atoms with Crippen molar-refractivity contribution in [3.05, 3.63) is 47.5 Å². The summed E-state index contributed by atoms with van der Waals surface area (Å²) in [6.07, 6.45) is 2.47. The van der Waals surface area contributed by atoms with Gasteiger partial charge in [0.2, 0.25) is 0 Å². The van der Waals surface area contributed by atoms with Gasteiger partial charge in [-0.2, -0.15) is 0 Å². The van der Waals surface area contributed by atoms with Crippen LogP contribution < -0.4 is 5.48 Å². The largest absolute Gasteiger partial charge is 0.270 e. The SMILES string of the molecule is O=C1NOCC=C1Cc1ccccc1. The number of nitrogens with one attached hydrogen (secondary N) is 1. The van der Waals surface area contributed by atoms with Crippen molar-refractivity contribution in [3.8, 4) is 0 Å². The molecule has 1 aliphatic heterocycles. The molecule has 1 aromatic rings. The molecule has 0 unspecified atom stereocenters. The van der Waals surface area contributed by atoms with E-state index in [0.29, 0.717) is 13.0 Å². The highest BCUT2D eigenvalue weighted by Gasteiger charge is 2.13. The lowest BCUT2D eigenvalue weighted by atomic mass is 10.0. The molecule has 0 bridgehead atoms. The maximum Gasteiger partial charge on any atom is 0.270 e. The molecule has 0 spiro atoms. The van der Waals surface area contributed by atoms with Crippen molar-refractivity contribution in [2.45, 2.75) is 6.42 Å². The smallest absolute Gasteiger partial charge is 0.269 e. The maximum absolute atomic E-state index is 11.3. The molecule has 3 nitrogen and oxygen atoms in total. The van der Waals surface area contributed by atoms with Crippen molar-refractivity contribution in [2.24, 2.45) is 0 Å². The molecule has 1 heterocycles. The Morgan fingerprint density at radius 3 is 2.79 bits per heavy atom. The lowest BCUT2D eigenvalue weighted by Crippen LogP contribution is -2.30. The highest BCUT2D eigenvalue weighted by molar-refractivity contribution is 5.93. The van der Waals surface area contributed by atoms with Gasteiger partial charge in [-0.15, -0.1) is 0 Å². The van der Waals surface area contributed by atoms with E-state index < -0.39 is 0 Å². The Labute approximate surface area is 82.3 Å². The fourth-order valence-corrected chi connectivity index (χ4v) is 1.38. The second-order valence-corrected chi connectivity index (χ2v) is 3.13. The first-order chi connectivity index (χ1) is 6.86. The molecule has 0 radical (unpaired) electrons. The first-order valence-electron chi connectivity index (χ1n) is 4.51. The van der Waals surface area contributed by atoms with Crippen LogP contribution in [-0.2, 0) is 16.1 Å². The number of amides is 1. The summed E-state index contributed by atoms with van der Waals surface area (Å²) in [5, 5.41) is 0. The number of benzene rings is 1. The van der Waals surface area contributed by atoms with Crippen LogP contribution in [0.25, 0.3) is 0 Å². The monoisotopic (exact) mass is 189 g/mol. The molecule has 3 heteroatoms. The topological polar surface area (TPSA) is 38.3 Å². The molecule has 72 valence electrons. The normalized spacial score (nSPS) is 16.0. The molecular weight excluding hydrogens is 178 g/mol. The minimum Gasteiger partial charge on any atom is -0.269 e. The Bertz CT molecular complexity index is 357. The zero-order chi connectivity index (χ0) is 9.80. The van der Waals surface area contributed by atoms with Gasteiger partial charge in [-0.1, -0.05) is 30.3 Å². The number of hydroxylamine groups is 1. The van der Waals surface area contributed by atoms with Gasteiger partial charge in [-0.25, -0.2) is 5.48 Å². The average molecular weight is 189 g/mol. The highest BCUT2D eigenvalue weighted by atomic mass is 16.7. The summed E-state index contributed by atoms with van der Waals surface area (Å²) in [6, 6.07) is 9.90. The third-order valence-electron chi connectivity index (χ3n) is 2.11. The Kier molecular flexibility index (Phi) is 2.60. The zero-order valence-electron chi connectivity index (χ0n) is 7.69. The minimum atomic E-state index is -0.139. The van der Waals surface area contributed by atoms with E-state index in [0.717, 1.165) is 11.1 Å². The van der Waals surface area contributed by atoms with Crippen LogP contribution in [0, 0.1) is 0 Å². The molecule has 1 aromatic carbocycles. The molecule has 0 saturated heterocycles. The molecule has 1 amide bonds. The van der Waals surface area contributed by atoms with Crippen LogP contribution >= 0.6 is 0 Å². The standard InChI is InChI=1S/C11H11NO2/c13-11-10(6-7-14-12-11)8-9-4-2-1-3-5-9/h1-6H,7-8H2,(H,12,13). The van der Waals surface area contributed by atoms with Gasteiger partial charge in [0.05, 0.1) is 6.61 Å². The first kappa shape index (κ1) is 8.97. The van der Waals surface area contributed by atoms with E-state index in [9.17, 15) is 4.79 Å². The van der Waals surface area contributed by atoms with Crippen LogP contribution in [0.5, 0.6) is 0 Å². The lowest BCUT2D eigenvalue weighted by molar-refractivity contribution is -0.130. The zero-order valence-corrected chi connectivity index (χ0v) is 7.69. The van der Waals surface area contributed by atoms with Crippen molar-refractivity contribution >= 4 is 5.91 Å². The quantitative estimate of drug-likeness (QED) is 0.759. The summed E-state index contributed by atoms with van der Waals surface area (Å²) in [5.74, 6) is -0.139. The molecule has 14 heavy (non-hydrogen) atoms. The summed E-state index contributed by atoms with van der Waals surface area (Å²) in [6.45, 7) is 0.452. The fourth-order valence-electron chi connectivity index (χ4n) is 1.38. The summed E-state index contributed by atoms with van der Waals surface area (Å²) < 4.78 is 0. The Morgan fingerprint density at radius 1 is 1.29 bits per heavy atom. The minimum absolute atomic E-state index is 0.139. The van der Waals surface area contributed by atoms with E-state index in [2.05, 4.69) is 5.48 Å². The van der Waals surface area contributed by atoms with Gasteiger partial charge in [0, 0.05) is 12.0 Å². The molecule has 0 atom stereocenters. The lowest BCUT2D eigenvalue weighted by Gasteiger charge is -2.13. The molecule has 0 saturated carbocycles. The third-order valence-corrected chi connectivity index (χ3v) is 2.11. The molecule has 2 rings (SSSR count). The van der Waals surface area contributed by atoms with Crippen molar-refractivity contribution in [1.29, 1.82) is 0 Å². The predicted octanol–water partition coefficient (Wildman–Crippen LogP) is 1.22. The van der Waals surface area contributed by atoms with Gasteiger partial charge in [0.1, 0.15) is 0 Å². The van der Waals surface area contributed by atoms with Crippen LogP contribution in [0.2, 0.25) is 0 Å². The van der Waals surface area contributed by atoms with E-state index in [4.69, 9.17) is 4.84 Å². The second kappa shape index (κ2) is 4.07. The van der Waals surface area contributed by atoms with E-state index in [-0.39, 0.29) is 5.91 Å². The number of carbonyl (C=O) groups excluding carboxylic acids is 1. The summed E-state index contributed by atoms with van der Waals surface area (Å²) in [7, 11) is 0. The molecule has 1 aliphatic rings. The van der Waals surface area contributed by atoms with Gasteiger partial charge in [0.25, 0.3) is 5.91 Å². The van der Waals surface area contributed by atoms with Crippen molar-refractivity contribution in [2.75, 3.05) is 6.61 Å². The van der Waals surface area contributed by atoms with Crippen LogP contribution in [0.3, 0.4) is 0 Å². The van der Waals surface area contributed by atoms with Crippen LogP contribution in [0.1, 0.15) is 5.56 Å².